The molecule has 1 fully saturated rings. The molecule has 5 aromatic rings. The third kappa shape index (κ3) is 5.56. The van der Waals surface area contributed by atoms with Crippen LogP contribution >= 0.6 is 0 Å². The minimum Gasteiger partial charge on any atom is -0.622 e. The van der Waals surface area contributed by atoms with E-state index in [2.05, 4.69) is 16.3 Å². The van der Waals surface area contributed by atoms with Gasteiger partial charge < -0.3 is 15.4 Å². The van der Waals surface area contributed by atoms with E-state index in [1.165, 1.54) is 24.3 Å². The molecule has 1 N–H and O–H groups in total. The molecular formula is C37H29F6N3O. The van der Waals surface area contributed by atoms with Crippen LogP contribution in [0, 0.1) is 5.21 Å². The summed E-state index contributed by atoms with van der Waals surface area (Å²) in [5, 5.41) is 18.5. The summed E-state index contributed by atoms with van der Waals surface area (Å²) in [5.41, 5.74) is 1.78. The molecule has 2 aliphatic heterocycles. The van der Waals surface area contributed by atoms with Gasteiger partial charge in [0, 0.05) is 60.3 Å². The molecule has 5 aromatic carbocycles. The molecule has 0 aromatic heterocycles. The van der Waals surface area contributed by atoms with Crippen LogP contribution in [0.25, 0.3) is 11.1 Å². The summed E-state index contributed by atoms with van der Waals surface area (Å²) in [7, 11) is 0. The van der Waals surface area contributed by atoms with E-state index in [9.17, 15) is 26.3 Å². The Kier molecular flexibility index (Phi) is 7.62. The molecule has 10 heteroatoms. The number of alkyl halides is 6. The normalized spacial score (nSPS) is 20.8. The van der Waals surface area contributed by atoms with Crippen molar-refractivity contribution in [2.45, 2.75) is 30.7 Å². The van der Waals surface area contributed by atoms with Gasteiger partial charge in [-0.2, -0.15) is 26.3 Å². The van der Waals surface area contributed by atoms with Gasteiger partial charge in [-0.25, -0.2) is 0 Å². The molecule has 1 saturated heterocycles. The predicted octanol–water partition coefficient (Wildman–Crippen LogP) is 10.5. The molecule has 7 rings (SSSR count). The zero-order valence-corrected chi connectivity index (χ0v) is 24.9. The first-order valence-electron chi connectivity index (χ1n) is 15.2. The van der Waals surface area contributed by atoms with E-state index in [0.717, 1.165) is 22.6 Å². The van der Waals surface area contributed by atoms with Gasteiger partial charge in [0.1, 0.15) is 17.4 Å². The van der Waals surface area contributed by atoms with Gasteiger partial charge in [0.05, 0.1) is 17.0 Å². The highest BCUT2D eigenvalue weighted by molar-refractivity contribution is 5.81. The van der Waals surface area contributed by atoms with E-state index in [1.807, 2.05) is 72.8 Å². The van der Waals surface area contributed by atoms with Crippen molar-refractivity contribution in [1.29, 1.82) is 0 Å². The molecule has 2 heterocycles. The standard InChI is InChI=1S/C37H29F6N3O/c38-36(39,40)26-19-25(20-27(21-26)37(41,42)43)24-11-14-31(15-12-24)46(47)34-16-13-30(22-32(34)33-23-44-18-17-35(33)46)45(28-7-3-1-4-8-28)29-9-5-2-6-10-29/h1-16,19-22,33,35,44H,17-18,23H2. The maximum Gasteiger partial charge on any atom is 0.416 e. The monoisotopic (exact) mass is 645 g/mol. The van der Waals surface area contributed by atoms with Crippen molar-refractivity contribution in [2.24, 2.45) is 0 Å². The Morgan fingerprint density at radius 1 is 0.638 bits per heavy atom. The molecule has 3 atom stereocenters. The van der Waals surface area contributed by atoms with Gasteiger partial charge in [0.2, 0.25) is 0 Å². The fourth-order valence-electron chi connectivity index (χ4n) is 6.99. The average Bonchev–Trinajstić information content (AvgIpc) is 3.33. The van der Waals surface area contributed by atoms with Gasteiger partial charge in [-0.1, -0.05) is 36.4 Å². The summed E-state index contributed by atoms with van der Waals surface area (Å²) in [4.78, 5) is 2.13. The van der Waals surface area contributed by atoms with Crippen molar-refractivity contribution >= 4 is 28.4 Å². The number of fused-ring (bicyclic) bond motifs is 3. The Bertz CT molecular complexity index is 1820. The van der Waals surface area contributed by atoms with Crippen LogP contribution in [-0.4, -0.2) is 19.1 Å². The number of nitrogens with zero attached hydrogens (tertiary/aromatic N) is 2. The SMILES string of the molecule is [O-][N+]1(c2ccc(-c3cc(C(F)(F)F)cc(C(F)(F)F)c3)cc2)c2ccc(N(c3ccccc3)c3ccccc3)cc2C2CNCCC21. The molecule has 0 spiro atoms. The third-order valence-corrected chi connectivity index (χ3v) is 9.14. The summed E-state index contributed by atoms with van der Waals surface area (Å²) in [6, 6.07) is 32.7. The Morgan fingerprint density at radius 2 is 1.21 bits per heavy atom. The first-order valence-corrected chi connectivity index (χ1v) is 15.2. The number of benzene rings is 5. The number of piperidine rings is 1. The van der Waals surface area contributed by atoms with Crippen molar-refractivity contribution in [2.75, 3.05) is 18.0 Å². The molecule has 240 valence electrons. The zero-order chi connectivity index (χ0) is 33.0. The summed E-state index contributed by atoms with van der Waals surface area (Å²) in [6.45, 7) is 1.25. The number of quaternary nitrogens is 1. The highest BCUT2D eigenvalue weighted by Gasteiger charge is 2.50. The fraction of sp³-hybridized carbons (Fsp3) is 0.189. The molecule has 0 radical (unpaired) electrons. The first kappa shape index (κ1) is 31.0. The largest absolute Gasteiger partial charge is 0.622 e. The number of nitrogens with one attached hydrogen (secondary N) is 1. The molecule has 0 bridgehead atoms. The average molecular weight is 646 g/mol. The van der Waals surface area contributed by atoms with Gasteiger partial charge in [-0.05, 0) is 77.9 Å². The molecular weight excluding hydrogens is 616 g/mol. The molecule has 2 aliphatic rings. The number of halogens is 6. The lowest BCUT2D eigenvalue weighted by molar-refractivity contribution is -0.143. The Labute approximate surface area is 267 Å². The number of rotatable bonds is 5. The minimum absolute atomic E-state index is 0.109. The number of para-hydroxylation sites is 2. The number of hydrogen-bond acceptors (Lipinski definition) is 3. The Morgan fingerprint density at radius 3 is 1.77 bits per heavy atom. The lowest BCUT2D eigenvalue weighted by Crippen LogP contribution is -2.51. The van der Waals surface area contributed by atoms with Crippen LogP contribution < -0.4 is 14.9 Å². The van der Waals surface area contributed by atoms with Gasteiger partial charge in [0.15, 0.2) is 0 Å². The van der Waals surface area contributed by atoms with Crippen LogP contribution in [0.2, 0.25) is 0 Å². The first-order chi connectivity index (χ1) is 22.4. The summed E-state index contributed by atoms with van der Waals surface area (Å²) in [6.07, 6.45) is -9.33. The van der Waals surface area contributed by atoms with Crippen molar-refractivity contribution in [3.05, 3.63) is 143 Å². The topological polar surface area (TPSA) is 38.3 Å². The lowest BCUT2D eigenvalue weighted by atomic mass is 9.89. The summed E-state index contributed by atoms with van der Waals surface area (Å²) in [5.74, 6) is -0.109. The second-order valence-corrected chi connectivity index (χ2v) is 11.9. The van der Waals surface area contributed by atoms with E-state index in [-0.39, 0.29) is 29.2 Å². The molecule has 0 saturated carbocycles. The van der Waals surface area contributed by atoms with Gasteiger partial charge in [0.25, 0.3) is 0 Å². The number of anilines is 3. The van der Waals surface area contributed by atoms with Crippen LogP contribution in [0.15, 0.2) is 121 Å². The highest BCUT2D eigenvalue weighted by atomic mass is 19.4. The molecule has 0 aliphatic carbocycles. The third-order valence-electron chi connectivity index (χ3n) is 9.14. The van der Waals surface area contributed by atoms with E-state index >= 15 is 5.21 Å². The Hall–Kier alpha value is -4.64. The maximum absolute atomic E-state index is 15.1. The van der Waals surface area contributed by atoms with E-state index in [4.69, 9.17) is 0 Å². The fourth-order valence-corrected chi connectivity index (χ4v) is 6.99. The minimum atomic E-state index is -4.96. The van der Waals surface area contributed by atoms with Gasteiger partial charge in [-0.15, -0.1) is 0 Å². The molecule has 0 amide bonds. The van der Waals surface area contributed by atoms with Gasteiger partial charge >= 0.3 is 12.4 Å². The van der Waals surface area contributed by atoms with Crippen molar-refractivity contribution in [3.8, 4) is 11.1 Å². The maximum atomic E-state index is 15.1. The molecule has 4 nitrogen and oxygen atoms in total. The predicted molar refractivity (Wildman–Crippen MR) is 172 cm³/mol. The number of hydroxylamine groups is 1. The van der Waals surface area contributed by atoms with Gasteiger partial charge in [-0.3, -0.25) is 4.65 Å². The molecule has 47 heavy (non-hydrogen) atoms. The second-order valence-electron chi connectivity index (χ2n) is 11.9. The quantitative estimate of drug-likeness (QED) is 0.117. The van der Waals surface area contributed by atoms with Crippen molar-refractivity contribution in [3.63, 3.8) is 0 Å². The Balaban J connectivity index is 1.31. The smallest absolute Gasteiger partial charge is 0.416 e. The van der Waals surface area contributed by atoms with E-state index in [1.54, 1.807) is 0 Å². The van der Waals surface area contributed by atoms with Crippen LogP contribution in [0.5, 0.6) is 0 Å². The number of hydrogen-bond donors (Lipinski definition) is 1. The summed E-state index contributed by atoms with van der Waals surface area (Å²) < 4.78 is 80.4. The highest BCUT2D eigenvalue weighted by Crippen LogP contribution is 2.54. The van der Waals surface area contributed by atoms with Crippen LogP contribution in [0.3, 0.4) is 0 Å². The summed E-state index contributed by atoms with van der Waals surface area (Å²) >= 11 is 0. The van der Waals surface area contributed by atoms with Crippen LogP contribution in [0.4, 0.5) is 54.8 Å². The van der Waals surface area contributed by atoms with Crippen LogP contribution in [0.1, 0.15) is 29.0 Å². The lowest BCUT2D eigenvalue weighted by Gasteiger charge is -2.46. The molecule has 3 unspecified atom stereocenters. The van der Waals surface area contributed by atoms with E-state index < -0.39 is 28.1 Å². The van der Waals surface area contributed by atoms with Crippen molar-refractivity contribution < 1.29 is 26.3 Å². The van der Waals surface area contributed by atoms with E-state index in [0.29, 0.717) is 43.0 Å². The zero-order valence-electron chi connectivity index (χ0n) is 24.9. The van der Waals surface area contributed by atoms with Crippen LogP contribution in [-0.2, 0) is 12.4 Å². The van der Waals surface area contributed by atoms with Crippen molar-refractivity contribution in [1.82, 2.24) is 9.96 Å². The second kappa shape index (κ2) is 11.6.